The van der Waals surface area contributed by atoms with Crippen LogP contribution in [0.2, 0.25) is 0 Å². The van der Waals surface area contributed by atoms with Gasteiger partial charge in [-0.05, 0) is 97.2 Å². The van der Waals surface area contributed by atoms with Crippen LogP contribution in [0.3, 0.4) is 0 Å². The van der Waals surface area contributed by atoms with E-state index in [0.717, 1.165) is 38.5 Å². The van der Waals surface area contributed by atoms with Gasteiger partial charge in [0.05, 0.1) is 18.3 Å². The maximum absolute atomic E-state index is 12.6. The highest BCUT2D eigenvalue weighted by atomic mass is 16.6. The molecule has 6 fully saturated rings. The van der Waals surface area contributed by atoms with Gasteiger partial charge < -0.3 is 30.0 Å². The number of carbonyl (C=O) groups is 2. The molecule has 5 aliphatic carbocycles. The van der Waals surface area contributed by atoms with Crippen LogP contribution >= 0.6 is 0 Å². The minimum absolute atomic E-state index is 0.0244. The molecule has 2 spiro atoms. The van der Waals surface area contributed by atoms with Crippen molar-refractivity contribution in [2.75, 3.05) is 14.1 Å². The molecule has 0 radical (unpaired) electrons. The largest absolute Gasteiger partial charge is 0.446 e. The van der Waals surface area contributed by atoms with Gasteiger partial charge in [0.25, 0.3) is 0 Å². The van der Waals surface area contributed by atoms with Gasteiger partial charge in [-0.1, -0.05) is 48.5 Å². The number of rotatable bonds is 4. The third kappa shape index (κ3) is 3.72. The number of nitrogens with two attached hydrogens (primary N) is 1. The van der Waals surface area contributed by atoms with Crippen LogP contribution in [0.5, 0.6) is 0 Å². The zero-order valence-corrected chi connectivity index (χ0v) is 27.4. The number of amides is 2. The minimum atomic E-state index is -0.663. The Kier molecular flexibility index (Phi) is 6.88. The second kappa shape index (κ2) is 9.48. The van der Waals surface area contributed by atoms with E-state index in [1.165, 1.54) is 17.7 Å². The highest BCUT2D eigenvalue weighted by molar-refractivity contribution is 5.67. The fourth-order valence-electron chi connectivity index (χ4n) is 12.7. The standard InChI is InChI=1S/C34H56N2O6/c1-18(2)25(42-29(39)36(8)9)20-16-19(3)24-26(40-20)27(37)32(7)22-11-10-21-30(4,5)23(41-28(35)38)12-13-33(21)17-34(22,33)15-14-31(24,32)6/h18-27,37H,10-17H2,1-9H3,(H2,35,38)/t19-,20?,21+,22?,23+,24+,25-,26?,27+,31-,32-,33-,34+/m1/s1. The monoisotopic (exact) mass is 588 g/mol. The molecular weight excluding hydrogens is 532 g/mol. The van der Waals surface area contributed by atoms with E-state index in [0.29, 0.717) is 17.8 Å². The molecule has 238 valence electrons. The summed E-state index contributed by atoms with van der Waals surface area (Å²) in [7, 11) is 3.42. The van der Waals surface area contributed by atoms with Crippen LogP contribution < -0.4 is 5.73 Å². The van der Waals surface area contributed by atoms with Crippen molar-refractivity contribution in [1.29, 1.82) is 0 Å². The molecule has 8 heteroatoms. The molecule has 1 aliphatic heterocycles. The van der Waals surface area contributed by atoms with E-state index in [1.54, 1.807) is 14.1 Å². The number of carbonyl (C=O) groups excluding carboxylic acids is 2. The number of fused-ring (bicyclic) bond motifs is 4. The van der Waals surface area contributed by atoms with Gasteiger partial charge >= 0.3 is 12.2 Å². The Morgan fingerprint density at radius 1 is 1.00 bits per heavy atom. The van der Waals surface area contributed by atoms with Crippen molar-refractivity contribution in [3.63, 3.8) is 0 Å². The molecule has 3 N–H and O–H groups in total. The molecular formula is C34H56N2O6. The van der Waals surface area contributed by atoms with Gasteiger partial charge in [0.1, 0.15) is 12.2 Å². The summed E-state index contributed by atoms with van der Waals surface area (Å²) in [4.78, 5) is 25.8. The summed E-state index contributed by atoms with van der Waals surface area (Å²) in [5.74, 6) is 1.66. The smallest absolute Gasteiger partial charge is 0.409 e. The molecule has 0 bridgehead atoms. The molecule has 6 rings (SSSR count). The number of aliphatic hydroxyl groups excluding tert-OH is 1. The van der Waals surface area contributed by atoms with Gasteiger partial charge in [0.15, 0.2) is 0 Å². The van der Waals surface area contributed by atoms with E-state index in [4.69, 9.17) is 19.9 Å². The van der Waals surface area contributed by atoms with E-state index < -0.39 is 12.2 Å². The van der Waals surface area contributed by atoms with Crippen molar-refractivity contribution in [3.8, 4) is 0 Å². The molecule has 0 aromatic rings. The van der Waals surface area contributed by atoms with Crippen LogP contribution in [-0.4, -0.2) is 66.8 Å². The minimum Gasteiger partial charge on any atom is -0.446 e. The van der Waals surface area contributed by atoms with Crippen molar-refractivity contribution >= 4 is 12.2 Å². The predicted octanol–water partition coefficient (Wildman–Crippen LogP) is 5.99. The van der Waals surface area contributed by atoms with E-state index in [-0.39, 0.29) is 69.4 Å². The molecule has 8 nitrogen and oxygen atoms in total. The zero-order valence-electron chi connectivity index (χ0n) is 27.4. The van der Waals surface area contributed by atoms with Gasteiger partial charge in [-0.25, -0.2) is 9.59 Å². The van der Waals surface area contributed by atoms with E-state index in [2.05, 4.69) is 48.5 Å². The summed E-state index contributed by atoms with van der Waals surface area (Å²) < 4.78 is 18.6. The van der Waals surface area contributed by atoms with Gasteiger partial charge in [0, 0.05) is 24.9 Å². The third-order valence-corrected chi connectivity index (χ3v) is 14.6. The lowest BCUT2D eigenvalue weighted by Crippen LogP contribution is -2.60. The average Bonchev–Trinajstić information content (AvgIpc) is 3.53. The molecule has 42 heavy (non-hydrogen) atoms. The second-order valence-electron chi connectivity index (χ2n) is 17.0. The number of aliphatic hydroxyl groups is 1. The summed E-state index contributed by atoms with van der Waals surface area (Å²) in [5, 5.41) is 12.5. The molecule has 1 heterocycles. The summed E-state index contributed by atoms with van der Waals surface area (Å²) in [6.45, 7) is 15.9. The van der Waals surface area contributed by atoms with Gasteiger partial charge in [0.2, 0.25) is 0 Å². The molecule has 5 saturated carbocycles. The lowest BCUT2D eigenvalue weighted by Gasteiger charge is -2.63. The average molecular weight is 589 g/mol. The lowest BCUT2D eigenvalue weighted by molar-refractivity contribution is -0.184. The Labute approximate surface area is 252 Å². The summed E-state index contributed by atoms with van der Waals surface area (Å²) in [6.07, 6.45) is 5.97. The summed E-state index contributed by atoms with van der Waals surface area (Å²) >= 11 is 0. The number of hydrogen-bond donors (Lipinski definition) is 2. The molecule has 2 amide bonds. The maximum Gasteiger partial charge on any atom is 0.409 e. The summed E-state index contributed by atoms with van der Waals surface area (Å²) in [6, 6.07) is 0. The fraction of sp³-hybridized carbons (Fsp3) is 0.941. The first-order valence-electron chi connectivity index (χ1n) is 16.7. The third-order valence-electron chi connectivity index (χ3n) is 14.6. The number of nitrogens with zero attached hydrogens (tertiary/aromatic N) is 1. The molecule has 1 saturated heterocycles. The molecule has 3 unspecified atom stereocenters. The topological polar surface area (TPSA) is 111 Å². The normalized spacial score (nSPS) is 50.7. The molecule has 0 aromatic carbocycles. The molecule has 13 atom stereocenters. The first kappa shape index (κ1) is 30.5. The van der Waals surface area contributed by atoms with Crippen LogP contribution in [-0.2, 0) is 14.2 Å². The van der Waals surface area contributed by atoms with E-state index in [1.807, 2.05) is 0 Å². The highest BCUT2D eigenvalue weighted by Gasteiger charge is 2.84. The van der Waals surface area contributed by atoms with E-state index in [9.17, 15) is 14.7 Å². The predicted molar refractivity (Wildman–Crippen MR) is 159 cm³/mol. The SMILES string of the molecule is CC(C)[C@@H](OC(=O)N(C)C)C1C[C@@H](C)[C@H]2C(O1)[C@H](O)[C@@]1(C)C3CC[C@H]4C(C)(C)[C@@H](OC(N)=O)CC[C@@]45C[C@@]35CC[C@]21C. The Hall–Kier alpha value is -1.54. The van der Waals surface area contributed by atoms with Crippen LogP contribution in [0.15, 0.2) is 0 Å². The second-order valence-corrected chi connectivity index (χ2v) is 17.0. The Morgan fingerprint density at radius 3 is 2.26 bits per heavy atom. The maximum atomic E-state index is 12.6. The first-order valence-corrected chi connectivity index (χ1v) is 16.7. The van der Waals surface area contributed by atoms with Crippen molar-refractivity contribution < 1.29 is 28.9 Å². The van der Waals surface area contributed by atoms with Gasteiger partial charge in [-0.15, -0.1) is 0 Å². The number of hydrogen-bond acceptors (Lipinski definition) is 6. The number of ether oxygens (including phenoxy) is 3. The Bertz CT molecular complexity index is 1130. The zero-order chi connectivity index (χ0) is 30.8. The lowest BCUT2D eigenvalue weighted by atomic mass is 9.41. The van der Waals surface area contributed by atoms with Crippen molar-refractivity contribution in [2.45, 2.75) is 130 Å². The number of primary amides is 1. The van der Waals surface area contributed by atoms with Crippen LogP contribution in [0.1, 0.15) is 99.8 Å². The van der Waals surface area contributed by atoms with Crippen LogP contribution in [0.25, 0.3) is 0 Å². The fourth-order valence-corrected chi connectivity index (χ4v) is 12.7. The summed E-state index contributed by atoms with van der Waals surface area (Å²) in [5.41, 5.74) is 5.58. The Morgan fingerprint density at radius 2 is 1.64 bits per heavy atom. The van der Waals surface area contributed by atoms with Crippen molar-refractivity contribution in [2.24, 2.45) is 62.4 Å². The molecule has 6 aliphatic rings. The van der Waals surface area contributed by atoms with Crippen molar-refractivity contribution in [1.82, 2.24) is 4.90 Å². The molecule has 0 aromatic heterocycles. The van der Waals surface area contributed by atoms with Crippen LogP contribution in [0.4, 0.5) is 9.59 Å². The van der Waals surface area contributed by atoms with Gasteiger partial charge in [-0.2, -0.15) is 0 Å². The first-order chi connectivity index (χ1) is 19.5. The van der Waals surface area contributed by atoms with Crippen molar-refractivity contribution in [3.05, 3.63) is 0 Å². The van der Waals surface area contributed by atoms with Crippen LogP contribution in [0, 0.1) is 56.7 Å². The Balaban J connectivity index is 1.30. The van der Waals surface area contributed by atoms with E-state index >= 15 is 0 Å². The van der Waals surface area contributed by atoms with Gasteiger partial charge in [-0.3, -0.25) is 0 Å². The quantitative estimate of drug-likeness (QED) is 0.418. The highest BCUT2D eigenvalue weighted by Crippen LogP contribution is 2.89.